The Bertz CT molecular complexity index is 1040. The zero-order valence-electron chi connectivity index (χ0n) is 20.0. The van der Waals surface area contributed by atoms with E-state index in [1.807, 2.05) is 31.2 Å². The van der Waals surface area contributed by atoms with Crippen molar-refractivity contribution in [2.24, 2.45) is 5.92 Å². The highest BCUT2D eigenvalue weighted by Gasteiger charge is 2.28. The maximum atomic E-state index is 12.9. The zero-order chi connectivity index (χ0) is 24.6. The van der Waals surface area contributed by atoms with E-state index in [1.165, 1.54) is 0 Å². The van der Waals surface area contributed by atoms with E-state index in [4.69, 9.17) is 4.74 Å². The summed E-state index contributed by atoms with van der Waals surface area (Å²) < 4.78 is 5.50. The fourth-order valence-electron chi connectivity index (χ4n) is 4.37. The molecule has 9 nitrogen and oxygen atoms in total. The van der Waals surface area contributed by atoms with Crippen LogP contribution in [0.2, 0.25) is 0 Å². The highest BCUT2D eigenvalue weighted by molar-refractivity contribution is 5.95. The molecule has 2 aliphatic rings. The molecule has 0 aromatic heterocycles. The molecule has 0 saturated carbocycles. The van der Waals surface area contributed by atoms with Gasteiger partial charge in [0.1, 0.15) is 0 Å². The third-order valence-electron chi connectivity index (χ3n) is 6.27. The van der Waals surface area contributed by atoms with Crippen LogP contribution in [0.1, 0.15) is 31.2 Å². The molecule has 2 saturated heterocycles. The Hall–Kier alpha value is -3.59. The molecule has 2 atom stereocenters. The van der Waals surface area contributed by atoms with Gasteiger partial charge in [-0.25, -0.2) is 9.59 Å². The van der Waals surface area contributed by atoms with Crippen molar-refractivity contribution in [2.45, 2.75) is 38.7 Å². The first-order valence-electron chi connectivity index (χ1n) is 12.2. The summed E-state index contributed by atoms with van der Waals surface area (Å²) in [4.78, 5) is 39.3. The number of hydrogen-bond acceptors (Lipinski definition) is 4. The lowest BCUT2D eigenvalue weighted by atomic mass is 9.97. The predicted octanol–water partition coefficient (Wildman–Crippen LogP) is 4.18. The van der Waals surface area contributed by atoms with Crippen molar-refractivity contribution >= 4 is 35.0 Å². The maximum absolute atomic E-state index is 12.9. The van der Waals surface area contributed by atoms with Gasteiger partial charge in [-0.2, -0.15) is 0 Å². The second-order valence-corrected chi connectivity index (χ2v) is 9.12. The minimum absolute atomic E-state index is 0.0858. The number of anilines is 3. The zero-order valence-corrected chi connectivity index (χ0v) is 20.0. The average molecular weight is 480 g/mol. The second-order valence-electron chi connectivity index (χ2n) is 9.12. The molecule has 0 spiro atoms. The quantitative estimate of drug-likeness (QED) is 0.498. The number of aryl methyl sites for hydroxylation is 1. The van der Waals surface area contributed by atoms with Crippen molar-refractivity contribution in [3.8, 4) is 0 Å². The fraction of sp³-hybridized carbons (Fsp3) is 0.423. The Morgan fingerprint density at radius 1 is 0.943 bits per heavy atom. The van der Waals surface area contributed by atoms with Crippen LogP contribution in [0.4, 0.5) is 26.7 Å². The third kappa shape index (κ3) is 7.19. The number of urea groups is 2. The van der Waals surface area contributed by atoms with Gasteiger partial charge >= 0.3 is 12.1 Å². The Morgan fingerprint density at radius 3 is 2.43 bits per heavy atom. The van der Waals surface area contributed by atoms with Gasteiger partial charge in [0.25, 0.3) is 0 Å². The molecule has 9 heteroatoms. The van der Waals surface area contributed by atoms with Crippen LogP contribution in [0.3, 0.4) is 0 Å². The molecular formula is C26H33N5O4. The predicted molar refractivity (Wildman–Crippen MR) is 136 cm³/mol. The molecular weight excluding hydrogens is 446 g/mol. The summed E-state index contributed by atoms with van der Waals surface area (Å²) in [5.41, 5.74) is 3.08. The van der Waals surface area contributed by atoms with E-state index in [1.54, 1.807) is 29.2 Å². The monoisotopic (exact) mass is 479 g/mol. The number of likely N-dealkylation sites (tertiary alicyclic amines) is 1. The fourth-order valence-corrected chi connectivity index (χ4v) is 4.37. The number of piperidine rings is 1. The highest BCUT2D eigenvalue weighted by atomic mass is 16.5. The van der Waals surface area contributed by atoms with E-state index in [9.17, 15) is 14.4 Å². The molecule has 0 aliphatic carbocycles. The van der Waals surface area contributed by atoms with Crippen LogP contribution in [0.25, 0.3) is 0 Å². The van der Waals surface area contributed by atoms with E-state index < -0.39 is 0 Å². The normalized spacial score (nSPS) is 19.6. The second kappa shape index (κ2) is 11.7. The van der Waals surface area contributed by atoms with Crippen molar-refractivity contribution in [3.05, 3.63) is 54.1 Å². The van der Waals surface area contributed by atoms with E-state index >= 15 is 0 Å². The molecule has 2 aliphatic heterocycles. The largest absolute Gasteiger partial charge is 0.376 e. The van der Waals surface area contributed by atoms with Crippen molar-refractivity contribution < 1.29 is 19.1 Å². The summed E-state index contributed by atoms with van der Waals surface area (Å²) in [6, 6.07) is 14.1. The van der Waals surface area contributed by atoms with Gasteiger partial charge in [-0.1, -0.05) is 12.1 Å². The van der Waals surface area contributed by atoms with Crippen molar-refractivity contribution in [2.75, 3.05) is 42.2 Å². The van der Waals surface area contributed by atoms with Crippen LogP contribution in [0.15, 0.2) is 48.5 Å². The smallest absolute Gasteiger partial charge is 0.321 e. The molecule has 35 heavy (non-hydrogen) atoms. The average Bonchev–Trinajstić information content (AvgIpc) is 3.38. The van der Waals surface area contributed by atoms with Gasteiger partial charge in [0.15, 0.2) is 0 Å². The van der Waals surface area contributed by atoms with Gasteiger partial charge in [-0.05, 0) is 74.6 Å². The van der Waals surface area contributed by atoms with Gasteiger partial charge in [0.05, 0.1) is 12.0 Å². The van der Waals surface area contributed by atoms with Gasteiger partial charge in [-0.15, -0.1) is 0 Å². The first-order chi connectivity index (χ1) is 17.0. The lowest BCUT2D eigenvalue weighted by Crippen LogP contribution is -2.45. The number of nitrogens with one attached hydrogen (secondary N) is 4. The van der Waals surface area contributed by atoms with Crippen LogP contribution in [-0.2, 0) is 9.53 Å². The van der Waals surface area contributed by atoms with E-state index in [2.05, 4.69) is 21.3 Å². The minimum atomic E-state index is -0.288. The number of amides is 5. The molecule has 2 aromatic rings. The molecule has 4 N–H and O–H groups in total. The summed E-state index contributed by atoms with van der Waals surface area (Å²) in [5, 5.41) is 11.4. The summed E-state index contributed by atoms with van der Waals surface area (Å²) in [7, 11) is 0. The third-order valence-corrected chi connectivity index (χ3v) is 6.27. The first kappa shape index (κ1) is 24.5. The van der Waals surface area contributed by atoms with Gasteiger partial charge < -0.3 is 30.9 Å². The molecule has 2 unspecified atom stereocenters. The van der Waals surface area contributed by atoms with Crippen molar-refractivity contribution in [3.63, 3.8) is 0 Å². The van der Waals surface area contributed by atoms with Crippen LogP contribution < -0.4 is 21.3 Å². The van der Waals surface area contributed by atoms with Crippen LogP contribution >= 0.6 is 0 Å². The van der Waals surface area contributed by atoms with Crippen LogP contribution in [0, 0.1) is 12.8 Å². The Kier molecular flexibility index (Phi) is 8.20. The molecule has 186 valence electrons. The van der Waals surface area contributed by atoms with Gasteiger partial charge in [-0.3, -0.25) is 4.79 Å². The van der Waals surface area contributed by atoms with Crippen LogP contribution in [-0.4, -0.2) is 55.2 Å². The number of hydrogen-bond donors (Lipinski definition) is 4. The lowest BCUT2D eigenvalue weighted by Gasteiger charge is -2.32. The van der Waals surface area contributed by atoms with Gasteiger partial charge in [0.2, 0.25) is 5.91 Å². The van der Waals surface area contributed by atoms with Gasteiger partial charge in [0, 0.05) is 43.3 Å². The minimum Gasteiger partial charge on any atom is -0.376 e. The standard InChI is InChI=1S/C26H33N5O4/c1-18-5-2-7-22(15-18)30-26(34)31-13-3-6-19(17-31)24(32)28-20-9-11-21(12-10-20)29-25(33)27-16-23-8-4-14-35-23/h2,5,7,9-12,15,19,23H,3-4,6,8,13-14,16-17H2,1H3,(H,28,32)(H,30,34)(H2,27,29,33). The van der Waals surface area contributed by atoms with E-state index in [-0.39, 0.29) is 30.0 Å². The molecule has 0 radical (unpaired) electrons. The topological polar surface area (TPSA) is 112 Å². The number of benzene rings is 2. The van der Waals surface area contributed by atoms with Crippen molar-refractivity contribution in [1.82, 2.24) is 10.2 Å². The maximum Gasteiger partial charge on any atom is 0.321 e. The van der Waals surface area contributed by atoms with Crippen molar-refractivity contribution in [1.29, 1.82) is 0 Å². The molecule has 0 bridgehead atoms. The Morgan fingerprint density at radius 2 is 1.71 bits per heavy atom. The number of rotatable bonds is 6. The van der Waals surface area contributed by atoms with Crippen LogP contribution in [0.5, 0.6) is 0 Å². The lowest BCUT2D eigenvalue weighted by molar-refractivity contribution is -0.121. The molecule has 5 amide bonds. The number of nitrogens with zero attached hydrogens (tertiary/aromatic N) is 1. The molecule has 4 rings (SSSR count). The summed E-state index contributed by atoms with van der Waals surface area (Å²) in [5.74, 6) is -0.401. The molecule has 2 fully saturated rings. The van der Waals surface area contributed by atoms with E-state index in [0.29, 0.717) is 31.0 Å². The summed E-state index contributed by atoms with van der Waals surface area (Å²) in [6.07, 6.45) is 3.57. The molecule has 2 aromatic carbocycles. The Balaban J connectivity index is 1.24. The summed E-state index contributed by atoms with van der Waals surface area (Å²) >= 11 is 0. The highest BCUT2D eigenvalue weighted by Crippen LogP contribution is 2.21. The van der Waals surface area contributed by atoms with E-state index in [0.717, 1.165) is 43.5 Å². The number of carbonyl (C=O) groups is 3. The SMILES string of the molecule is Cc1cccc(NC(=O)N2CCCC(C(=O)Nc3ccc(NC(=O)NCC4CCCO4)cc3)C2)c1. The first-order valence-corrected chi connectivity index (χ1v) is 12.2. The summed E-state index contributed by atoms with van der Waals surface area (Å²) in [6.45, 7) is 4.20. The number of carbonyl (C=O) groups excluding carboxylic acids is 3. The number of ether oxygens (including phenoxy) is 1. The molecule has 2 heterocycles. The Labute approximate surface area is 205 Å².